The molecule has 2 aromatic rings. The first kappa shape index (κ1) is 17.4. The fourth-order valence-corrected chi connectivity index (χ4v) is 5.23. The summed E-state index contributed by atoms with van der Waals surface area (Å²) in [5.41, 5.74) is 1.50. The van der Waals surface area contributed by atoms with Gasteiger partial charge in [0.1, 0.15) is 4.90 Å². The maximum absolute atomic E-state index is 13.1. The molecule has 1 aromatic heterocycles. The Balaban J connectivity index is 1.56. The first-order valence-corrected chi connectivity index (χ1v) is 10.5. The molecule has 2 atom stereocenters. The average Bonchev–Trinajstić information content (AvgIpc) is 3.37. The van der Waals surface area contributed by atoms with E-state index in [1.807, 2.05) is 24.0 Å². The van der Waals surface area contributed by atoms with E-state index in [4.69, 9.17) is 0 Å². The molecule has 0 spiro atoms. The van der Waals surface area contributed by atoms with Crippen molar-refractivity contribution >= 4 is 26.8 Å². The largest absolute Gasteiger partial charge is 0.340 e. The molecule has 2 fully saturated rings. The number of carbonyl (C=O) groups is 1. The minimum Gasteiger partial charge on any atom is -0.340 e. The molecule has 0 radical (unpaired) electrons. The molecular weight excluding hydrogens is 350 g/mol. The first-order valence-electron chi connectivity index (χ1n) is 9.02. The number of aryl methyl sites for hydroxylation is 1. The summed E-state index contributed by atoms with van der Waals surface area (Å²) in [7, 11) is -3.63. The number of sulfonamides is 1. The van der Waals surface area contributed by atoms with Crippen LogP contribution in [0, 0.1) is 18.8 Å². The molecule has 1 saturated heterocycles. The molecule has 7 heteroatoms. The van der Waals surface area contributed by atoms with Crippen molar-refractivity contribution in [2.24, 2.45) is 11.8 Å². The van der Waals surface area contributed by atoms with E-state index in [0.29, 0.717) is 37.6 Å². The fourth-order valence-electron chi connectivity index (χ4n) is 3.64. The number of aromatic nitrogens is 1. The lowest BCUT2D eigenvalue weighted by Crippen LogP contribution is -2.51. The zero-order valence-electron chi connectivity index (χ0n) is 15.1. The smallest absolute Gasteiger partial charge is 0.245 e. The number of fused-ring (bicyclic) bond motifs is 1. The molecule has 138 valence electrons. The molecule has 4 rings (SSSR count). The number of piperazine rings is 1. The Morgan fingerprint density at radius 2 is 1.88 bits per heavy atom. The molecule has 2 unspecified atom stereocenters. The van der Waals surface area contributed by atoms with Gasteiger partial charge in [0.25, 0.3) is 0 Å². The van der Waals surface area contributed by atoms with Gasteiger partial charge in [-0.3, -0.25) is 9.78 Å². The van der Waals surface area contributed by atoms with Gasteiger partial charge in [0, 0.05) is 43.7 Å². The van der Waals surface area contributed by atoms with Crippen molar-refractivity contribution in [3.63, 3.8) is 0 Å². The standard InChI is InChI=1S/C19H23N3O3S/c1-13-10-15-4-3-5-17(18(15)20-12-13)26(24,25)22-8-6-21(7-9-22)19(23)16-11-14(16)2/h3-5,10,12,14,16H,6-9,11H2,1-2H3. The number of nitrogens with zero attached hydrogens (tertiary/aromatic N) is 3. The number of hydrogen-bond acceptors (Lipinski definition) is 4. The van der Waals surface area contributed by atoms with Gasteiger partial charge in [0.05, 0.1) is 5.52 Å². The Bertz CT molecular complexity index is 965. The maximum Gasteiger partial charge on any atom is 0.245 e. The molecule has 1 aliphatic heterocycles. The summed E-state index contributed by atoms with van der Waals surface area (Å²) in [5, 5.41) is 0.822. The summed E-state index contributed by atoms with van der Waals surface area (Å²) in [5.74, 6) is 0.787. The van der Waals surface area contributed by atoms with Gasteiger partial charge < -0.3 is 4.90 Å². The van der Waals surface area contributed by atoms with E-state index in [2.05, 4.69) is 11.9 Å². The van der Waals surface area contributed by atoms with Crippen molar-refractivity contribution in [2.45, 2.75) is 25.2 Å². The van der Waals surface area contributed by atoms with Gasteiger partial charge >= 0.3 is 0 Å². The average molecular weight is 373 g/mol. The normalized spacial score (nSPS) is 24.0. The highest BCUT2D eigenvalue weighted by Gasteiger charge is 2.42. The second-order valence-corrected chi connectivity index (χ2v) is 9.30. The van der Waals surface area contributed by atoms with Crippen molar-refractivity contribution in [2.75, 3.05) is 26.2 Å². The predicted molar refractivity (Wildman–Crippen MR) is 99.1 cm³/mol. The molecule has 1 aromatic carbocycles. The second kappa shape index (κ2) is 6.32. The lowest BCUT2D eigenvalue weighted by Gasteiger charge is -2.34. The van der Waals surface area contributed by atoms with Gasteiger partial charge in [-0.1, -0.05) is 19.1 Å². The van der Waals surface area contributed by atoms with Gasteiger partial charge in [-0.2, -0.15) is 4.31 Å². The van der Waals surface area contributed by atoms with Crippen LogP contribution in [0.3, 0.4) is 0 Å². The van der Waals surface area contributed by atoms with Crippen molar-refractivity contribution in [3.05, 3.63) is 36.0 Å². The molecule has 1 saturated carbocycles. The van der Waals surface area contributed by atoms with E-state index in [0.717, 1.165) is 17.4 Å². The van der Waals surface area contributed by atoms with Crippen molar-refractivity contribution in [1.82, 2.24) is 14.2 Å². The second-order valence-electron chi connectivity index (χ2n) is 7.39. The summed E-state index contributed by atoms with van der Waals surface area (Å²) in [6, 6.07) is 7.19. The molecule has 1 amide bonds. The monoisotopic (exact) mass is 373 g/mol. The third kappa shape index (κ3) is 2.99. The third-order valence-electron chi connectivity index (χ3n) is 5.41. The SMILES string of the molecule is Cc1cnc2c(S(=O)(=O)N3CCN(C(=O)C4CC4C)CC3)cccc2c1. The third-order valence-corrected chi connectivity index (χ3v) is 7.34. The highest BCUT2D eigenvalue weighted by Crippen LogP contribution is 2.39. The van der Waals surface area contributed by atoms with Crippen LogP contribution in [0.25, 0.3) is 10.9 Å². The van der Waals surface area contributed by atoms with Gasteiger partial charge in [-0.15, -0.1) is 0 Å². The molecule has 26 heavy (non-hydrogen) atoms. The minimum atomic E-state index is -3.63. The van der Waals surface area contributed by atoms with E-state index in [1.54, 1.807) is 18.3 Å². The lowest BCUT2D eigenvalue weighted by atomic mass is 10.2. The van der Waals surface area contributed by atoms with Gasteiger partial charge in [-0.25, -0.2) is 8.42 Å². The van der Waals surface area contributed by atoms with Gasteiger partial charge in [0.2, 0.25) is 15.9 Å². The highest BCUT2D eigenvalue weighted by molar-refractivity contribution is 7.89. The van der Waals surface area contributed by atoms with Crippen LogP contribution >= 0.6 is 0 Å². The summed E-state index contributed by atoms with van der Waals surface area (Å²) in [6.45, 7) is 5.59. The summed E-state index contributed by atoms with van der Waals surface area (Å²) >= 11 is 0. The summed E-state index contributed by atoms with van der Waals surface area (Å²) < 4.78 is 27.8. The molecule has 0 N–H and O–H groups in total. The molecule has 0 bridgehead atoms. The van der Waals surface area contributed by atoms with Crippen LogP contribution < -0.4 is 0 Å². The Morgan fingerprint density at radius 3 is 2.54 bits per heavy atom. The zero-order valence-corrected chi connectivity index (χ0v) is 15.9. The predicted octanol–water partition coefficient (Wildman–Crippen LogP) is 2.03. The minimum absolute atomic E-state index is 0.142. The maximum atomic E-state index is 13.1. The number of carbonyl (C=O) groups excluding carboxylic acids is 1. The van der Waals surface area contributed by atoms with Crippen LogP contribution in [0.15, 0.2) is 35.4 Å². The van der Waals surface area contributed by atoms with Crippen molar-refractivity contribution in [3.8, 4) is 0 Å². The molecule has 2 heterocycles. The van der Waals surface area contributed by atoms with Crippen LogP contribution in [-0.4, -0.2) is 54.7 Å². The van der Waals surface area contributed by atoms with E-state index >= 15 is 0 Å². The summed E-state index contributed by atoms with van der Waals surface area (Å²) in [6.07, 6.45) is 2.65. The lowest BCUT2D eigenvalue weighted by molar-refractivity contribution is -0.134. The first-order chi connectivity index (χ1) is 12.4. The Labute approximate surface area is 153 Å². The van der Waals surface area contributed by atoms with Crippen LogP contribution in [0.2, 0.25) is 0 Å². The van der Waals surface area contributed by atoms with E-state index in [1.165, 1.54) is 4.31 Å². The van der Waals surface area contributed by atoms with Gasteiger partial charge in [-0.05, 0) is 37.0 Å². The van der Waals surface area contributed by atoms with E-state index in [-0.39, 0.29) is 16.7 Å². The number of rotatable bonds is 3. The Morgan fingerprint density at radius 1 is 1.19 bits per heavy atom. The quantitative estimate of drug-likeness (QED) is 0.825. The molecule has 2 aliphatic rings. The molecule has 1 aliphatic carbocycles. The van der Waals surface area contributed by atoms with Crippen LogP contribution in [0.1, 0.15) is 18.9 Å². The molecular formula is C19H23N3O3S. The van der Waals surface area contributed by atoms with Crippen LogP contribution in [0.5, 0.6) is 0 Å². The number of amides is 1. The van der Waals surface area contributed by atoms with E-state index in [9.17, 15) is 13.2 Å². The number of para-hydroxylation sites is 1. The topological polar surface area (TPSA) is 70.6 Å². The van der Waals surface area contributed by atoms with Crippen LogP contribution in [-0.2, 0) is 14.8 Å². The van der Waals surface area contributed by atoms with Crippen molar-refractivity contribution in [1.29, 1.82) is 0 Å². The fraction of sp³-hybridized carbons (Fsp3) is 0.474. The summed E-state index contributed by atoms with van der Waals surface area (Å²) in [4.78, 5) is 18.8. The number of pyridine rings is 1. The zero-order chi connectivity index (χ0) is 18.5. The highest BCUT2D eigenvalue weighted by atomic mass is 32.2. The number of benzene rings is 1. The number of hydrogen-bond donors (Lipinski definition) is 0. The van der Waals surface area contributed by atoms with Crippen molar-refractivity contribution < 1.29 is 13.2 Å². The van der Waals surface area contributed by atoms with E-state index < -0.39 is 10.0 Å². The Hall–Kier alpha value is -1.99. The van der Waals surface area contributed by atoms with Gasteiger partial charge in [0.15, 0.2) is 0 Å². The van der Waals surface area contributed by atoms with Crippen LogP contribution in [0.4, 0.5) is 0 Å². The molecule has 6 nitrogen and oxygen atoms in total. The Kier molecular flexibility index (Phi) is 4.23.